The maximum Gasteiger partial charge on any atom is 0.387 e. The van der Waals surface area contributed by atoms with E-state index < -0.39 is 16.4 Å². The van der Waals surface area contributed by atoms with Crippen LogP contribution in [0.3, 0.4) is 0 Å². The van der Waals surface area contributed by atoms with Crippen molar-refractivity contribution in [3.8, 4) is 22.9 Å². The van der Waals surface area contributed by atoms with Gasteiger partial charge in [-0.3, -0.25) is 0 Å². The largest absolute Gasteiger partial charge is 0.433 e. The van der Waals surface area contributed by atoms with Gasteiger partial charge in [0.05, 0.1) is 10.5 Å². The van der Waals surface area contributed by atoms with Crippen molar-refractivity contribution in [2.24, 2.45) is 0 Å². The summed E-state index contributed by atoms with van der Waals surface area (Å²) >= 11 is 0. The molecule has 0 saturated carbocycles. The monoisotopic (exact) mass is 323 g/mol. The number of rotatable bonds is 4. The lowest BCUT2D eigenvalue weighted by atomic mass is 10.0. The SMILES string of the molecule is CS(=O)(=O)c1cccc(-c2ccc(C#N)c(OC(F)F)c2)c1. The molecule has 0 N–H and O–H groups in total. The topological polar surface area (TPSA) is 67.2 Å². The Kier molecular flexibility index (Phi) is 4.43. The average molecular weight is 323 g/mol. The summed E-state index contributed by atoms with van der Waals surface area (Å²) in [4.78, 5) is 0.116. The highest BCUT2D eigenvalue weighted by Crippen LogP contribution is 2.29. The molecule has 0 fully saturated rings. The van der Waals surface area contributed by atoms with Gasteiger partial charge >= 0.3 is 6.61 Å². The van der Waals surface area contributed by atoms with E-state index in [0.29, 0.717) is 11.1 Å². The van der Waals surface area contributed by atoms with E-state index in [1.807, 2.05) is 0 Å². The highest BCUT2D eigenvalue weighted by atomic mass is 32.2. The number of hydrogen-bond acceptors (Lipinski definition) is 4. The fourth-order valence-corrected chi connectivity index (χ4v) is 2.56. The molecule has 0 aliphatic carbocycles. The molecule has 22 heavy (non-hydrogen) atoms. The Morgan fingerprint density at radius 2 is 1.82 bits per heavy atom. The third-order valence-electron chi connectivity index (χ3n) is 2.91. The van der Waals surface area contributed by atoms with Gasteiger partial charge in [0.2, 0.25) is 0 Å². The van der Waals surface area contributed by atoms with Gasteiger partial charge < -0.3 is 4.74 Å². The minimum Gasteiger partial charge on any atom is -0.433 e. The first-order valence-corrected chi connectivity index (χ1v) is 8.00. The van der Waals surface area contributed by atoms with Crippen LogP contribution < -0.4 is 4.74 Å². The van der Waals surface area contributed by atoms with Gasteiger partial charge in [0, 0.05) is 6.26 Å². The van der Waals surface area contributed by atoms with Crippen LogP contribution >= 0.6 is 0 Å². The summed E-state index contributed by atoms with van der Waals surface area (Å²) in [5, 5.41) is 8.89. The number of alkyl halides is 2. The van der Waals surface area contributed by atoms with Crippen LogP contribution in [0.1, 0.15) is 5.56 Å². The smallest absolute Gasteiger partial charge is 0.387 e. The van der Waals surface area contributed by atoms with Gasteiger partial charge in [-0.05, 0) is 35.4 Å². The van der Waals surface area contributed by atoms with Gasteiger partial charge in [-0.25, -0.2) is 8.42 Å². The number of nitriles is 1. The maximum atomic E-state index is 12.4. The van der Waals surface area contributed by atoms with Crippen molar-refractivity contribution in [1.82, 2.24) is 0 Å². The van der Waals surface area contributed by atoms with Crippen LogP contribution in [-0.2, 0) is 9.84 Å². The molecule has 0 atom stereocenters. The molecule has 114 valence electrons. The standard InChI is InChI=1S/C15H11F2NO3S/c1-22(19,20)13-4-2-3-10(7-13)11-5-6-12(9-18)14(8-11)21-15(16)17/h2-8,15H,1H3. The van der Waals surface area contributed by atoms with Gasteiger partial charge in [-0.2, -0.15) is 14.0 Å². The molecule has 0 amide bonds. The third kappa shape index (κ3) is 3.59. The summed E-state index contributed by atoms with van der Waals surface area (Å²) < 4.78 is 52.2. The van der Waals surface area contributed by atoms with Crippen LogP contribution in [-0.4, -0.2) is 21.3 Å². The number of nitrogens with zero attached hydrogens (tertiary/aromatic N) is 1. The van der Waals surface area contributed by atoms with E-state index in [0.717, 1.165) is 6.26 Å². The first-order valence-electron chi connectivity index (χ1n) is 6.10. The lowest BCUT2D eigenvalue weighted by Gasteiger charge is -2.09. The van der Waals surface area contributed by atoms with Gasteiger partial charge in [0.25, 0.3) is 0 Å². The van der Waals surface area contributed by atoms with Crippen molar-refractivity contribution < 1.29 is 21.9 Å². The van der Waals surface area contributed by atoms with Crippen LogP contribution in [0.15, 0.2) is 47.4 Å². The van der Waals surface area contributed by atoms with Crippen molar-refractivity contribution in [3.63, 3.8) is 0 Å². The van der Waals surface area contributed by atoms with Crippen molar-refractivity contribution in [2.45, 2.75) is 11.5 Å². The Morgan fingerprint density at radius 3 is 2.41 bits per heavy atom. The van der Waals surface area contributed by atoms with E-state index in [4.69, 9.17) is 5.26 Å². The number of sulfone groups is 1. The van der Waals surface area contributed by atoms with E-state index in [1.54, 1.807) is 18.2 Å². The fraction of sp³-hybridized carbons (Fsp3) is 0.133. The highest BCUT2D eigenvalue weighted by molar-refractivity contribution is 7.90. The maximum absolute atomic E-state index is 12.4. The van der Waals surface area contributed by atoms with E-state index in [2.05, 4.69) is 4.74 Å². The van der Waals surface area contributed by atoms with Crippen molar-refractivity contribution in [1.29, 1.82) is 5.26 Å². The van der Waals surface area contributed by atoms with Crippen molar-refractivity contribution in [3.05, 3.63) is 48.0 Å². The van der Waals surface area contributed by atoms with Gasteiger partial charge in [0.1, 0.15) is 11.8 Å². The Bertz CT molecular complexity index is 842. The van der Waals surface area contributed by atoms with Crippen molar-refractivity contribution in [2.75, 3.05) is 6.26 Å². The van der Waals surface area contributed by atoms with Gasteiger partial charge in [0.15, 0.2) is 9.84 Å². The zero-order valence-corrected chi connectivity index (χ0v) is 12.3. The second kappa shape index (κ2) is 6.12. The molecule has 0 aliphatic heterocycles. The molecule has 0 saturated heterocycles. The van der Waals surface area contributed by atoms with Crippen molar-refractivity contribution >= 4 is 9.84 Å². The summed E-state index contributed by atoms with van der Waals surface area (Å²) in [5.41, 5.74) is 0.968. The predicted molar refractivity (Wildman–Crippen MR) is 76.3 cm³/mol. The number of benzene rings is 2. The molecule has 0 bridgehead atoms. The normalized spacial score (nSPS) is 11.2. The quantitative estimate of drug-likeness (QED) is 0.866. The minimum atomic E-state index is -3.38. The Labute approximate surface area is 126 Å². The second-order valence-corrected chi connectivity index (χ2v) is 6.52. The Morgan fingerprint density at radius 1 is 1.14 bits per heavy atom. The molecule has 0 spiro atoms. The second-order valence-electron chi connectivity index (χ2n) is 4.50. The molecule has 2 aromatic carbocycles. The molecule has 7 heteroatoms. The summed E-state index contributed by atoms with van der Waals surface area (Å²) in [6.45, 7) is -3.05. The molecule has 0 aromatic heterocycles. The molecule has 0 unspecified atom stereocenters. The molecule has 0 heterocycles. The first kappa shape index (κ1) is 15.9. The minimum absolute atomic E-state index is 0.0247. The number of ether oxygens (including phenoxy) is 1. The zero-order chi connectivity index (χ0) is 16.3. The Balaban J connectivity index is 2.52. The average Bonchev–Trinajstić information content (AvgIpc) is 2.46. The molecular formula is C15H11F2NO3S. The molecular weight excluding hydrogens is 312 g/mol. The van der Waals surface area contributed by atoms with Crippen LogP contribution in [0.5, 0.6) is 5.75 Å². The molecule has 2 rings (SSSR count). The van der Waals surface area contributed by atoms with Crippen LogP contribution in [0.4, 0.5) is 8.78 Å². The molecule has 2 aromatic rings. The third-order valence-corrected chi connectivity index (χ3v) is 4.02. The summed E-state index contributed by atoms with van der Waals surface area (Å²) in [7, 11) is -3.38. The van der Waals surface area contributed by atoms with Gasteiger partial charge in [-0.15, -0.1) is 0 Å². The summed E-state index contributed by atoms with van der Waals surface area (Å²) in [6.07, 6.45) is 1.08. The van der Waals surface area contributed by atoms with Gasteiger partial charge in [-0.1, -0.05) is 18.2 Å². The lowest BCUT2D eigenvalue weighted by molar-refractivity contribution is -0.0500. The van der Waals surface area contributed by atoms with E-state index in [9.17, 15) is 17.2 Å². The van der Waals surface area contributed by atoms with E-state index in [-0.39, 0.29) is 16.2 Å². The van der Waals surface area contributed by atoms with E-state index in [1.165, 1.54) is 30.3 Å². The first-order chi connectivity index (χ1) is 10.3. The van der Waals surface area contributed by atoms with Crippen LogP contribution in [0, 0.1) is 11.3 Å². The highest BCUT2D eigenvalue weighted by Gasteiger charge is 2.13. The summed E-state index contributed by atoms with van der Waals surface area (Å²) in [5.74, 6) is -0.250. The number of hydrogen-bond donors (Lipinski definition) is 0. The fourth-order valence-electron chi connectivity index (χ4n) is 1.89. The van der Waals surface area contributed by atoms with Crippen LogP contribution in [0.25, 0.3) is 11.1 Å². The summed E-state index contributed by atoms with van der Waals surface area (Å²) in [6, 6.07) is 12.0. The number of halogens is 2. The van der Waals surface area contributed by atoms with E-state index >= 15 is 0 Å². The Hall–Kier alpha value is -2.46. The van der Waals surface area contributed by atoms with Crippen LogP contribution in [0.2, 0.25) is 0 Å². The predicted octanol–water partition coefficient (Wildman–Crippen LogP) is 3.23. The molecule has 4 nitrogen and oxygen atoms in total. The lowest BCUT2D eigenvalue weighted by Crippen LogP contribution is -2.03. The zero-order valence-electron chi connectivity index (χ0n) is 11.5. The molecule has 0 radical (unpaired) electrons. The molecule has 0 aliphatic rings.